The molecule has 0 spiro atoms. The predicted octanol–water partition coefficient (Wildman–Crippen LogP) is 3.23. The number of furan rings is 1. The van der Waals surface area contributed by atoms with E-state index in [1.54, 1.807) is 12.5 Å². The highest BCUT2D eigenvalue weighted by molar-refractivity contribution is 5.78. The summed E-state index contributed by atoms with van der Waals surface area (Å²) < 4.78 is 20.1. The maximum Gasteiger partial charge on any atom is 0.247 e. The molecule has 0 radical (unpaired) electrons. The van der Waals surface area contributed by atoms with Gasteiger partial charge in [0.25, 0.3) is 0 Å². The average Bonchev–Trinajstić information content (AvgIpc) is 3.19. The van der Waals surface area contributed by atoms with Crippen LogP contribution in [-0.2, 0) is 21.8 Å². The first-order valence-electron chi connectivity index (χ1n) is 7.43. The van der Waals surface area contributed by atoms with Crippen LogP contribution in [0.25, 0.3) is 11.0 Å². The van der Waals surface area contributed by atoms with Crippen molar-refractivity contribution in [2.24, 2.45) is 0 Å². The first kappa shape index (κ1) is 13.5. The average molecular weight is 298 g/mol. The van der Waals surface area contributed by atoms with Gasteiger partial charge in [0.1, 0.15) is 5.58 Å². The van der Waals surface area contributed by atoms with Gasteiger partial charge in [0.15, 0.2) is 5.76 Å². The van der Waals surface area contributed by atoms with Crippen LogP contribution in [0.15, 0.2) is 47.4 Å². The molecule has 0 amide bonds. The fourth-order valence-electron chi connectivity index (χ4n) is 2.91. The molecule has 0 N–H and O–H groups in total. The van der Waals surface area contributed by atoms with Gasteiger partial charge in [-0.2, -0.15) is 0 Å². The third-order valence-corrected chi connectivity index (χ3v) is 3.94. The van der Waals surface area contributed by atoms with E-state index in [4.69, 9.17) is 13.9 Å². The lowest BCUT2D eigenvalue weighted by molar-refractivity contribution is -0.196. The Hall–Kier alpha value is -2.11. The molecular weight excluding hydrogens is 280 g/mol. The number of fused-ring (bicyclic) bond motifs is 1. The Morgan fingerprint density at radius 3 is 3.00 bits per heavy atom. The van der Waals surface area contributed by atoms with Crippen molar-refractivity contribution in [3.05, 3.63) is 54.3 Å². The van der Waals surface area contributed by atoms with Crippen LogP contribution < -0.4 is 0 Å². The molecular formula is C17H18N2O3. The molecule has 0 saturated carbocycles. The van der Waals surface area contributed by atoms with E-state index < -0.39 is 5.79 Å². The van der Waals surface area contributed by atoms with Crippen LogP contribution >= 0.6 is 0 Å². The Morgan fingerprint density at radius 1 is 1.36 bits per heavy atom. The number of benzene rings is 1. The van der Waals surface area contributed by atoms with Crippen LogP contribution in [0, 0.1) is 6.92 Å². The van der Waals surface area contributed by atoms with Gasteiger partial charge in [-0.1, -0.05) is 11.6 Å². The molecule has 1 aliphatic heterocycles. The molecule has 5 heteroatoms. The lowest BCUT2D eigenvalue weighted by Crippen LogP contribution is -2.32. The van der Waals surface area contributed by atoms with Crippen molar-refractivity contribution in [1.82, 2.24) is 9.55 Å². The summed E-state index contributed by atoms with van der Waals surface area (Å²) in [6.45, 7) is 5.13. The van der Waals surface area contributed by atoms with Gasteiger partial charge in [0.05, 0.1) is 25.6 Å². The minimum absolute atomic E-state index is 0.0264. The van der Waals surface area contributed by atoms with Crippen LogP contribution in [0.2, 0.25) is 0 Å². The number of aryl methyl sites for hydroxylation is 1. The van der Waals surface area contributed by atoms with Gasteiger partial charge < -0.3 is 18.5 Å². The van der Waals surface area contributed by atoms with E-state index in [-0.39, 0.29) is 6.10 Å². The summed E-state index contributed by atoms with van der Waals surface area (Å²) in [4.78, 5) is 4.08. The monoisotopic (exact) mass is 298 g/mol. The largest absolute Gasteiger partial charge is 0.455 e. The van der Waals surface area contributed by atoms with Crippen LogP contribution in [-0.4, -0.2) is 22.3 Å². The maximum atomic E-state index is 6.10. The van der Waals surface area contributed by atoms with E-state index in [9.17, 15) is 0 Å². The Kier molecular flexibility index (Phi) is 3.06. The second-order valence-corrected chi connectivity index (χ2v) is 5.88. The van der Waals surface area contributed by atoms with Crippen molar-refractivity contribution in [3.63, 3.8) is 0 Å². The van der Waals surface area contributed by atoms with Crippen LogP contribution in [0.4, 0.5) is 0 Å². The predicted molar refractivity (Wildman–Crippen MR) is 81.4 cm³/mol. The fraction of sp³-hybridized carbons (Fsp3) is 0.353. The molecule has 2 aromatic heterocycles. The van der Waals surface area contributed by atoms with Crippen molar-refractivity contribution < 1.29 is 13.9 Å². The summed E-state index contributed by atoms with van der Waals surface area (Å²) >= 11 is 0. The summed E-state index contributed by atoms with van der Waals surface area (Å²) in [7, 11) is 0. The minimum atomic E-state index is -0.896. The molecule has 1 saturated heterocycles. The highest BCUT2D eigenvalue weighted by Crippen LogP contribution is 2.38. The number of ether oxygens (including phenoxy) is 2. The topological polar surface area (TPSA) is 49.4 Å². The highest BCUT2D eigenvalue weighted by atomic mass is 16.8. The second-order valence-electron chi connectivity index (χ2n) is 5.88. The van der Waals surface area contributed by atoms with Crippen molar-refractivity contribution in [1.29, 1.82) is 0 Å². The van der Waals surface area contributed by atoms with Gasteiger partial charge in [-0.25, -0.2) is 4.98 Å². The highest BCUT2D eigenvalue weighted by Gasteiger charge is 2.45. The van der Waals surface area contributed by atoms with E-state index in [1.807, 2.05) is 35.9 Å². The van der Waals surface area contributed by atoms with Gasteiger partial charge in [-0.3, -0.25) is 0 Å². The van der Waals surface area contributed by atoms with Crippen molar-refractivity contribution in [2.45, 2.75) is 32.3 Å². The number of nitrogens with zero attached hydrogens (tertiary/aromatic N) is 2. The summed E-state index contributed by atoms with van der Waals surface area (Å²) in [5.74, 6) is -0.196. The summed E-state index contributed by atoms with van der Waals surface area (Å²) in [6, 6.07) is 8.14. The molecule has 1 fully saturated rings. The van der Waals surface area contributed by atoms with Gasteiger partial charge in [0.2, 0.25) is 5.79 Å². The summed E-state index contributed by atoms with van der Waals surface area (Å²) in [5.41, 5.74) is 2.04. The molecule has 3 heterocycles. The first-order valence-corrected chi connectivity index (χ1v) is 7.43. The van der Waals surface area contributed by atoms with Gasteiger partial charge in [-0.15, -0.1) is 0 Å². The van der Waals surface area contributed by atoms with Crippen molar-refractivity contribution in [2.75, 3.05) is 6.61 Å². The molecule has 114 valence electrons. The molecule has 0 aliphatic carbocycles. The van der Waals surface area contributed by atoms with E-state index in [0.29, 0.717) is 18.9 Å². The van der Waals surface area contributed by atoms with E-state index in [2.05, 4.69) is 18.0 Å². The second kappa shape index (κ2) is 4.97. The van der Waals surface area contributed by atoms with Crippen molar-refractivity contribution in [3.8, 4) is 0 Å². The zero-order valence-corrected chi connectivity index (χ0v) is 12.7. The Morgan fingerprint density at radius 2 is 2.27 bits per heavy atom. The van der Waals surface area contributed by atoms with Crippen molar-refractivity contribution >= 4 is 11.0 Å². The van der Waals surface area contributed by atoms with Crippen LogP contribution in [0.3, 0.4) is 0 Å². The molecule has 1 aliphatic rings. The van der Waals surface area contributed by atoms with Gasteiger partial charge >= 0.3 is 0 Å². The van der Waals surface area contributed by atoms with E-state index >= 15 is 0 Å². The zero-order valence-electron chi connectivity index (χ0n) is 12.7. The van der Waals surface area contributed by atoms with Crippen LogP contribution in [0.5, 0.6) is 0 Å². The van der Waals surface area contributed by atoms with E-state index in [0.717, 1.165) is 11.0 Å². The third-order valence-electron chi connectivity index (χ3n) is 3.94. The normalized spacial score (nSPS) is 25.1. The molecule has 22 heavy (non-hydrogen) atoms. The molecule has 1 aromatic carbocycles. The number of rotatable bonds is 3. The number of aromatic nitrogens is 2. The summed E-state index contributed by atoms with van der Waals surface area (Å²) in [6.07, 6.45) is 5.42. The van der Waals surface area contributed by atoms with Gasteiger partial charge in [0, 0.05) is 17.8 Å². The fourth-order valence-corrected chi connectivity index (χ4v) is 2.91. The third kappa shape index (κ3) is 2.23. The van der Waals surface area contributed by atoms with E-state index in [1.165, 1.54) is 5.56 Å². The lowest BCUT2D eigenvalue weighted by Gasteiger charge is -2.25. The van der Waals surface area contributed by atoms with Gasteiger partial charge in [-0.05, 0) is 32.0 Å². The SMILES string of the molecule is Cc1ccc2oc(C3(Cn4ccnc4)OCC(C)O3)cc2c1. The Balaban J connectivity index is 1.78. The molecule has 0 bridgehead atoms. The Labute approximate surface area is 128 Å². The minimum Gasteiger partial charge on any atom is -0.455 e. The lowest BCUT2D eigenvalue weighted by atomic mass is 10.1. The summed E-state index contributed by atoms with van der Waals surface area (Å²) in [5, 5.41) is 1.06. The van der Waals surface area contributed by atoms with Crippen LogP contribution in [0.1, 0.15) is 18.2 Å². The smallest absolute Gasteiger partial charge is 0.247 e. The number of imidazole rings is 1. The molecule has 2 atom stereocenters. The number of hydrogen-bond donors (Lipinski definition) is 0. The molecule has 4 rings (SSSR count). The molecule has 2 unspecified atom stereocenters. The zero-order chi connectivity index (χ0) is 15.2. The standard InChI is InChI=1S/C17H18N2O3/c1-12-3-4-15-14(7-12)8-16(21-15)17(20-9-13(2)22-17)10-19-6-5-18-11-19/h3-8,11,13H,9-10H2,1-2H3. The quantitative estimate of drug-likeness (QED) is 0.745. The first-order chi connectivity index (χ1) is 10.6. The molecule has 5 nitrogen and oxygen atoms in total. The number of hydrogen-bond acceptors (Lipinski definition) is 4. The Bertz CT molecular complexity index is 793. The maximum absolute atomic E-state index is 6.10. The molecule has 3 aromatic rings.